The molecule has 0 bridgehead atoms. The van der Waals surface area contributed by atoms with Crippen LogP contribution >= 0.6 is 0 Å². The molecule has 29 heavy (non-hydrogen) atoms. The molecule has 3 rings (SSSR count). The summed E-state index contributed by atoms with van der Waals surface area (Å²) in [6.45, 7) is 5.25. The van der Waals surface area contributed by atoms with Crippen LogP contribution in [0.5, 0.6) is 5.75 Å². The summed E-state index contributed by atoms with van der Waals surface area (Å²) in [6.07, 6.45) is 10.5. The zero-order valence-corrected chi connectivity index (χ0v) is 17.8. The minimum Gasteiger partial charge on any atom is -0.494 e. The van der Waals surface area contributed by atoms with Crippen molar-refractivity contribution in [3.8, 4) is 22.9 Å². The van der Waals surface area contributed by atoms with Crippen molar-refractivity contribution < 1.29 is 4.74 Å². The van der Waals surface area contributed by atoms with Gasteiger partial charge in [0.05, 0.1) is 6.61 Å². The third-order valence-corrected chi connectivity index (χ3v) is 5.86. The molecule has 4 heteroatoms. The summed E-state index contributed by atoms with van der Waals surface area (Å²) in [6, 6.07) is 10.4. The van der Waals surface area contributed by atoms with Crippen LogP contribution in [-0.4, -0.2) is 11.6 Å². The first-order valence-corrected chi connectivity index (χ1v) is 11.1. The Balaban J connectivity index is 1.71. The highest BCUT2D eigenvalue weighted by Gasteiger charge is 2.24. The molecule has 154 valence electrons. The zero-order valence-electron chi connectivity index (χ0n) is 17.8. The van der Waals surface area contributed by atoms with Crippen molar-refractivity contribution in [2.75, 3.05) is 12.3 Å². The van der Waals surface area contributed by atoms with Crippen molar-refractivity contribution >= 4 is 5.82 Å². The van der Waals surface area contributed by atoms with Crippen molar-refractivity contribution in [2.24, 2.45) is 5.92 Å². The van der Waals surface area contributed by atoms with E-state index in [1.54, 1.807) is 0 Å². The summed E-state index contributed by atoms with van der Waals surface area (Å²) < 4.78 is 5.91. The number of ether oxygens (including phenoxy) is 1. The van der Waals surface area contributed by atoms with Crippen LogP contribution in [0, 0.1) is 17.2 Å². The Labute approximate surface area is 175 Å². The average molecular weight is 392 g/mol. The molecular weight excluding hydrogens is 358 g/mol. The number of nitrogens with two attached hydrogens (primary N) is 1. The lowest BCUT2D eigenvalue weighted by Gasteiger charge is -2.25. The second kappa shape index (κ2) is 10.3. The van der Waals surface area contributed by atoms with Crippen LogP contribution in [0.3, 0.4) is 0 Å². The number of fused-ring (bicyclic) bond motifs is 1. The molecular formula is C25H33N3O. The highest BCUT2D eigenvalue weighted by atomic mass is 16.5. The molecule has 1 atom stereocenters. The van der Waals surface area contributed by atoms with E-state index in [0.717, 1.165) is 54.9 Å². The highest BCUT2D eigenvalue weighted by molar-refractivity contribution is 5.79. The van der Waals surface area contributed by atoms with Crippen LogP contribution in [0.1, 0.15) is 75.6 Å². The standard InChI is InChI=1S/C25H33N3O/c1-3-4-5-6-7-8-15-29-20-12-10-19(11-13-20)24-21-16-18(2)9-14-23(21)28-25(27)22(24)17-26/h10-13,18H,3-9,14-16H2,1-2H3,(H2,27,28). The maximum absolute atomic E-state index is 9.71. The van der Waals surface area contributed by atoms with Gasteiger partial charge in [0.25, 0.3) is 0 Å². The van der Waals surface area contributed by atoms with Gasteiger partial charge in [-0.05, 0) is 54.9 Å². The van der Waals surface area contributed by atoms with E-state index < -0.39 is 0 Å². The molecule has 1 aromatic heterocycles. The largest absolute Gasteiger partial charge is 0.494 e. The van der Waals surface area contributed by atoms with Crippen LogP contribution in [0.25, 0.3) is 11.1 Å². The summed E-state index contributed by atoms with van der Waals surface area (Å²) in [5.74, 6) is 1.82. The third-order valence-electron chi connectivity index (χ3n) is 5.86. The maximum Gasteiger partial charge on any atom is 0.142 e. The van der Waals surface area contributed by atoms with E-state index in [1.165, 1.54) is 37.7 Å². The first-order chi connectivity index (χ1) is 14.1. The Bertz CT molecular complexity index is 852. The van der Waals surface area contributed by atoms with Crippen LogP contribution in [0.15, 0.2) is 24.3 Å². The maximum atomic E-state index is 9.71. The minimum absolute atomic E-state index is 0.346. The molecule has 1 aliphatic carbocycles. The van der Waals surface area contributed by atoms with Crippen LogP contribution in [0.4, 0.5) is 5.82 Å². The van der Waals surface area contributed by atoms with Gasteiger partial charge in [0.1, 0.15) is 23.2 Å². The first kappa shape index (κ1) is 21.2. The molecule has 0 aliphatic heterocycles. The van der Waals surface area contributed by atoms with E-state index in [-0.39, 0.29) is 0 Å². The van der Waals surface area contributed by atoms with Gasteiger partial charge in [-0.25, -0.2) is 4.98 Å². The fourth-order valence-electron chi connectivity index (χ4n) is 4.17. The molecule has 0 fully saturated rings. The lowest BCUT2D eigenvalue weighted by atomic mass is 9.82. The molecule has 0 saturated carbocycles. The van der Waals surface area contributed by atoms with Crippen LogP contribution < -0.4 is 10.5 Å². The van der Waals surface area contributed by atoms with Gasteiger partial charge in [-0.2, -0.15) is 5.26 Å². The molecule has 0 spiro atoms. The van der Waals surface area contributed by atoms with Crippen molar-refractivity contribution in [1.29, 1.82) is 5.26 Å². The molecule has 0 saturated heterocycles. The number of aryl methyl sites for hydroxylation is 1. The molecule has 2 N–H and O–H groups in total. The molecule has 1 aliphatic rings. The van der Waals surface area contributed by atoms with Gasteiger partial charge in [-0.15, -0.1) is 0 Å². The number of hydrogen-bond donors (Lipinski definition) is 1. The summed E-state index contributed by atoms with van der Waals surface area (Å²) in [5, 5.41) is 9.71. The normalized spacial score (nSPS) is 15.6. The SMILES string of the molecule is CCCCCCCCOc1ccc(-c2c(C#N)c(N)nc3c2CC(C)CC3)cc1. The first-order valence-electron chi connectivity index (χ1n) is 11.1. The van der Waals surface area contributed by atoms with Gasteiger partial charge >= 0.3 is 0 Å². The van der Waals surface area contributed by atoms with Gasteiger partial charge in [-0.1, -0.05) is 58.1 Å². The third kappa shape index (κ3) is 5.29. The topological polar surface area (TPSA) is 71.9 Å². The van der Waals surface area contributed by atoms with Crippen molar-refractivity contribution in [2.45, 2.75) is 71.6 Å². The predicted octanol–water partition coefficient (Wildman–Crippen LogP) is 6.07. The van der Waals surface area contributed by atoms with E-state index in [0.29, 0.717) is 17.3 Å². The summed E-state index contributed by atoms with van der Waals surface area (Å²) in [4.78, 5) is 4.53. The number of aromatic nitrogens is 1. The van der Waals surface area contributed by atoms with Crippen molar-refractivity contribution in [3.63, 3.8) is 0 Å². The van der Waals surface area contributed by atoms with E-state index in [2.05, 4.69) is 24.9 Å². The highest BCUT2D eigenvalue weighted by Crippen LogP contribution is 2.37. The number of nitrogen functional groups attached to an aromatic ring is 1. The monoisotopic (exact) mass is 391 g/mol. The number of nitriles is 1. The quantitative estimate of drug-likeness (QED) is 0.527. The van der Waals surface area contributed by atoms with Gasteiger partial charge in [0, 0.05) is 11.3 Å². The Morgan fingerprint density at radius 3 is 2.59 bits per heavy atom. The smallest absolute Gasteiger partial charge is 0.142 e. The number of hydrogen-bond acceptors (Lipinski definition) is 4. The summed E-state index contributed by atoms with van der Waals surface area (Å²) in [5.41, 5.74) is 10.8. The number of anilines is 1. The Hall–Kier alpha value is -2.54. The zero-order chi connectivity index (χ0) is 20.6. The fourth-order valence-corrected chi connectivity index (χ4v) is 4.17. The van der Waals surface area contributed by atoms with Gasteiger partial charge in [0.15, 0.2) is 0 Å². The Morgan fingerprint density at radius 1 is 1.14 bits per heavy atom. The second-order valence-corrected chi connectivity index (χ2v) is 8.27. The number of nitrogens with zero attached hydrogens (tertiary/aromatic N) is 2. The van der Waals surface area contributed by atoms with Crippen LogP contribution in [0.2, 0.25) is 0 Å². The number of pyridine rings is 1. The van der Waals surface area contributed by atoms with E-state index in [4.69, 9.17) is 10.5 Å². The lowest BCUT2D eigenvalue weighted by Crippen LogP contribution is -2.16. The van der Waals surface area contributed by atoms with E-state index in [1.807, 2.05) is 24.3 Å². The van der Waals surface area contributed by atoms with Crippen molar-refractivity contribution in [3.05, 3.63) is 41.1 Å². The number of unbranched alkanes of at least 4 members (excludes halogenated alkanes) is 5. The Kier molecular flexibility index (Phi) is 7.52. The molecule has 1 unspecified atom stereocenters. The molecule has 0 radical (unpaired) electrons. The van der Waals surface area contributed by atoms with E-state index >= 15 is 0 Å². The fraction of sp³-hybridized carbons (Fsp3) is 0.520. The van der Waals surface area contributed by atoms with Gasteiger partial charge < -0.3 is 10.5 Å². The van der Waals surface area contributed by atoms with Crippen LogP contribution in [-0.2, 0) is 12.8 Å². The molecule has 2 aromatic rings. The minimum atomic E-state index is 0.346. The Morgan fingerprint density at radius 2 is 1.86 bits per heavy atom. The average Bonchev–Trinajstić information content (AvgIpc) is 2.73. The molecule has 1 aromatic carbocycles. The molecule has 1 heterocycles. The summed E-state index contributed by atoms with van der Waals surface area (Å²) >= 11 is 0. The van der Waals surface area contributed by atoms with E-state index in [9.17, 15) is 5.26 Å². The second-order valence-electron chi connectivity index (χ2n) is 8.27. The predicted molar refractivity (Wildman–Crippen MR) is 119 cm³/mol. The van der Waals surface area contributed by atoms with Gasteiger partial charge in [0.2, 0.25) is 0 Å². The number of benzene rings is 1. The lowest BCUT2D eigenvalue weighted by molar-refractivity contribution is 0.304. The number of rotatable bonds is 9. The molecule has 4 nitrogen and oxygen atoms in total. The van der Waals surface area contributed by atoms with Gasteiger partial charge in [-0.3, -0.25) is 0 Å². The van der Waals surface area contributed by atoms with Crippen molar-refractivity contribution in [1.82, 2.24) is 4.98 Å². The molecule has 0 amide bonds. The summed E-state index contributed by atoms with van der Waals surface area (Å²) in [7, 11) is 0.